The molecule has 0 radical (unpaired) electrons. The van der Waals surface area contributed by atoms with Gasteiger partial charge >= 0.3 is 0 Å². The normalized spacial score (nSPS) is 13.0. The molecule has 0 N–H and O–H groups in total. The van der Waals surface area contributed by atoms with Gasteiger partial charge in [-0.05, 0) is 60.0 Å². The van der Waals surface area contributed by atoms with Crippen LogP contribution in [0.3, 0.4) is 0 Å². The highest BCUT2D eigenvalue weighted by Crippen LogP contribution is 2.30. The lowest BCUT2D eigenvalue weighted by molar-refractivity contribution is 0.121. The Morgan fingerprint density at radius 2 is 1.65 bits per heavy atom. The maximum atomic E-state index is 12.5. The summed E-state index contributed by atoms with van der Waals surface area (Å²) >= 11 is 1.86. The highest BCUT2D eigenvalue weighted by atomic mass is 32.2. The molecule has 2 aromatic heterocycles. The van der Waals surface area contributed by atoms with E-state index in [9.17, 15) is 4.79 Å². The summed E-state index contributed by atoms with van der Waals surface area (Å²) in [6.45, 7) is 2.79. The Morgan fingerprint density at radius 1 is 0.900 bits per heavy atom. The first-order chi connectivity index (χ1) is 19.7. The largest absolute Gasteiger partial charge is 0.497 e. The molecule has 3 heterocycles. The summed E-state index contributed by atoms with van der Waals surface area (Å²) in [7, 11) is 1.69. The van der Waals surface area contributed by atoms with Crippen LogP contribution in [0.5, 0.6) is 5.75 Å². The Hall–Kier alpha value is -4.07. The van der Waals surface area contributed by atoms with Crippen molar-refractivity contribution in [1.29, 1.82) is 0 Å². The monoisotopic (exact) mass is 552 g/mol. The molecule has 0 amide bonds. The number of thioether (sulfide) groups is 1. The number of para-hydroxylation sites is 1. The van der Waals surface area contributed by atoms with Crippen LogP contribution < -0.4 is 15.1 Å². The molecule has 1 saturated heterocycles. The molecule has 0 spiro atoms. The molecule has 0 aliphatic carbocycles. The molecule has 0 saturated carbocycles. The van der Waals surface area contributed by atoms with Crippen LogP contribution in [-0.2, 0) is 11.2 Å². The van der Waals surface area contributed by atoms with E-state index in [1.54, 1.807) is 13.2 Å². The number of morpholine rings is 1. The molecular weight excluding hydrogens is 520 g/mol. The van der Waals surface area contributed by atoms with Crippen molar-refractivity contribution in [3.63, 3.8) is 0 Å². The number of rotatable bonds is 7. The van der Waals surface area contributed by atoms with Crippen molar-refractivity contribution in [2.75, 3.05) is 44.1 Å². The van der Waals surface area contributed by atoms with Gasteiger partial charge in [0.2, 0.25) is 0 Å². The fraction of sp³-hybridized carbons (Fsp3) is 0.212. The summed E-state index contributed by atoms with van der Waals surface area (Å²) in [5, 5.41) is 0.614. The third kappa shape index (κ3) is 7.11. The minimum atomic E-state index is -0.00878. The summed E-state index contributed by atoms with van der Waals surface area (Å²) in [6, 6.07) is 29.6. The van der Waals surface area contributed by atoms with Gasteiger partial charge < -0.3 is 18.8 Å². The number of aryl methyl sites for hydroxylation is 1. The van der Waals surface area contributed by atoms with Crippen LogP contribution in [-0.4, -0.2) is 44.1 Å². The Morgan fingerprint density at radius 3 is 2.38 bits per heavy atom. The number of benzene rings is 3. The number of hydrogen-bond acceptors (Lipinski definition) is 7. The SMILES string of the molecule is COc1ccc(SCCc2ccncc2)cc1.O=c1cc(N2CCOCC2)oc2c(-c3ccccc3)cccc12. The van der Waals surface area contributed by atoms with E-state index in [4.69, 9.17) is 13.9 Å². The Bertz CT molecular complexity index is 1550. The third-order valence-corrected chi connectivity index (χ3v) is 7.63. The molecule has 40 heavy (non-hydrogen) atoms. The summed E-state index contributed by atoms with van der Waals surface area (Å²) in [5.74, 6) is 2.61. The van der Waals surface area contributed by atoms with E-state index in [1.807, 2.05) is 84.8 Å². The summed E-state index contributed by atoms with van der Waals surface area (Å²) < 4.78 is 16.6. The van der Waals surface area contributed by atoms with Gasteiger partial charge in [-0.15, -0.1) is 11.8 Å². The lowest BCUT2D eigenvalue weighted by Gasteiger charge is -2.27. The van der Waals surface area contributed by atoms with Gasteiger partial charge in [-0.2, -0.15) is 0 Å². The molecule has 5 aromatic rings. The average Bonchev–Trinajstić information content (AvgIpc) is 3.03. The second kappa shape index (κ2) is 13.8. The molecule has 1 aliphatic rings. The second-order valence-electron chi connectivity index (χ2n) is 9.23. The van der Waals surface area contributed by atoms with Crippen LogP contribution in [0.1, 0.15) is 5.56 Å². The summed E-state index contributed by atoms with van der Waals surface area (Å²) in [4.78, 5) is 19.9. The number of hydrogen-bond donors (Lipinski definition) is 0. The summed E-state index contributed by atoms with van der Waals surface area (Å²) in [6.07, 6.45) is 4.75. The number of anilines is 1. The highest BCUT2D eigenvalue weighted by molar-refractivity contribution is 7.99. The Kier molecular flexibility index (Phi) is 9.50. The molecule has 3 aromatic carbocycles. The van der Waals surface area contributed by atoms with Gasteiger partial charge in [-0.1, -0.05) is 42.5 Å². The average molecular weight is 553 g/mol. The van der Waals surface area contributed by atoms with E-state index in [2.05, 4.69) is 34.1 Å². The van der Waals surface area contributed by atoms with E-state index >= 15 is 0 Å². The van der Waals surface area contributed by atoms with E-state index in [0.29, 0.717) is 30.1 Å². The number of methoxy groups -OCH3 is 1. The van der Waals surface area contributed by atoms with Crippen molar-refractivity contribution in [2.24, 2.45) is 0 Å². The summed E-state index contributed by atoms with van der Waals surface area (Å²) in [5.41, 5.74) is 3.95. The molecular formula is C33H32N2O4S. The van der Waals surface area contributed by atoms with Crippen molar-refractivity contribution >= 4 is 28.6 Å². The zero-order valence-corrected chi connectivity index (χ0v) is 23.3. The van der Waals surface area contributed by atoms with Gasteiger partial charge in [0.05, 0.1) is 25.7 Å². The first-order valence-corrected chi connectivity index (χ1v) is 14.3. The number of nitrogens with zero attached hydrogens (tertiary/aromatic N) is 2. The van der Waals surface area contributed by atoms with Crippen LogP contribution in [0.4, 0.5) is 5.88 Å². The zero-order valence-electron chi connectivity index (χ0n) is 22.5. The van der Waals surface area contributed by atoms with E-state index < -0.39 is 0 Å². The second-order valence-corrected chi connectivity index (χ2v) is 10.4. The van der Waals surface area contributed by atoms with Crippen molar-refractivity contribution in [3.05, 3.63) is 119 Å². The van der Waals surface area contributed by atoms with E-state index in [-0.39, 0.29) is 5.43 Å². The maximum absolute atomic E-state index is 12.5. The van der Waals surface area contributed by atoms with Crippen LogP contribution in [0.15, 0.2) is 117 Å². The minimum Gasteiger partial charge on any atom is -0.497 e. The Balaban J connectivity index is 0.000000170. The predicted octanol–water partition coefficient (Wildman–Crippen LogP) is 6.72. The van der Waals surface area contributed by atoms with Crippen molar-refractivity contribution in [2.45, 2.75) is 11.3 Å². The lowest BCUT2D eigenvalue weighted by Crippen LogP contribution is -2.36. The first-order valence-electron chi connectivity index (χ1n) is 13.3. The standard InChI is InChI=1S/C19H17NO3.C14H15NOS/c21-17-13-18(20-9-11-22-12-10-20)23-19-15(7-4-8-16(17)19)14-5-2-1-3-6-14;1-16-13-2-4-14(5-3-13)17-11-8-12-6-9-15-10-7-12/h1-8,13H,9-12H2;2-7,9-10H,8,11H2,1H3. The fourth-order valence-corrected chi connectivity index (χ4v) is 5.36. The van der Waals surface area contributed by atoms with Crippen molar-refractivity contribution in [1.82, 2.24) is 4.98 Å². The lowest BCUT2D eigenvalue weighted by atomic mass is 10.0. The van der Waals surface area contributed by atoms with Gasteiger partial charge in [0.25, 0.3) is 0 Å². The van der Waals surface area contributed by atoms with Crippen molar-refractivity contribution < 1.29 is 13.9 Å². The number of fused-ring (bicyclic) bond motifs is 1. The van der Waals surface area contributed by atoms with Crippen LogP contribution in [0.25, 0.3) is 22.1 Å². The molecule has 6 rings (SSSR count). The minimum absolute atomic E-state index is 0.00878. The highest BCUT2D eigenvalue weighted by Gasteiger charge is 2.17. The molecule has 1 aliphatic heterocycles. The van der Waals surface area contributed by atoms with Crippen LogP contribution in [0.2, 0.25) is 0 Å². The number of aromatic nitrogens is 1. The molecule has 204 valence electrons. The van der Waals surface area contributed by atoms with Crippen LogP contribution in [0, 0.1) is 0 Å². The number of ether oxygens (including phenoxy) is 2. The fourth-order valence-electron chi connectivity index (χ4n) is 4.46. The molecule has 1 fully saturated rings. The maximum Gasteiger partial charge on any atom is 0.200 e. The third-order valence-electron chi connectivity index (χ3n) is 6.62. The predicted molar refractivity (Wildman–Crippen MR) is 163 cm³/mol. The van der Waals surface area contributed by atoms with E-state index in [0.717, 1.165) is 42.1 Å². The quantitative estimate of drug-likeness (QED) is 0.208. The van der Waals surface area contributed by atoms with Gasteiger partial charge in [0.1, 0.15) is 11.3 Å². The topological polar surface area (TPSA) is 64.8 Å². The van der Waals surface area contributed by atoms with Gasteiger partial charge in [0, 0.05) is 47.8 Å². The van der Waals surface area contributed by atoms with E-state index in [1.165, 1.54) is 10.5 Å². The zero-order chi connectivity index (χ0) is 27.6. The number of pyridine rings is 1. The van der Waals surface area contributed by atoms with Crippen molar-refractivity contribution in [3.8, 4) is 16.9 Å². The molecule has 7 heteroatoms. The Labute approximate surface area is 238 Å². The molecule has 0 atom stereocenters. The smallest absolute Gasteiger partial charge is 0.200 e. The van der Waals surface area contributed by atoms with Crippen LogP contribution >= 0.6 is 11.8 Å². The molecule has 6 nitrogen and oxygen atoms in total. The molecule has 0 unspecified atom stereocenters. The van der Waals surface area contributed by atoms with Gasteiger partial charge in [-0.25, -0.2) is 0 Å². The molecule has 0 bridgehead atoms. The first kappa shape index (κ1) is 27.5. The van der Waals surface area contributed by atoms with Gasteiger partial charge in [-0.3, -0.25) is 9.78 Å². The van der Waals surface area contributed by atoms with Gasteiger partial charge in [0.15, 0.2) is 11.3 Å².